The summed E-state index contributed by atoms with van der Waals surface area (Å²) in [4.78, 5) is 0. The van der Waals surface area contributed by atoms with Gasteiger partial charge in [-0.25, -0.2) is 0 Å². The molecule has 1 aliphatic heterocycles. The number of thioether (sulfide) groups is 1. The Morgan fingerprint density at radius 2 is 1.75 bits per heavy atom. The fourth-order valence-electron chi connectivity index (χ4n) is 1.33. The molecule has 3 nitrogen and oxygen atoms in total. The van der Waals surface area contributed by atoms with Crippen molar-refractivity contribution in [3.63, 3.8) is 0 Å². The molecule has 6 heteroatoms. The zero-order chi connectivity index (χ0) is 12.4. The van der Waals surface area contributed by atoms with Gasteiger partial charge in [0.1, 0.15) is 0 Å². The van der Waals surface area contributed by atoms with Gasteiger partial charge >= 0.3 is 7.12 Å². The van der Waals surface area contributed by atoms with Crippen molar-refractivity contribution in [3.8, 4) is 0 Å². The van der Waals surface area contributed by atoms with E-state index in [-0.39, 0.29) is 18.3 Å². The normalized spacial score (nSPS) is 22.2. The topological polar surface area (TPSA) is 27.7 Å². The molecule has 0 aliphatic carbocycles. The molecule has 1 saturated heterocycles. The first-order valence-electron chi connectivity index (χ1n) is 5.43. The van der Waals surface area contributed by atoms with Crippen LogP contribution in [0.5, 0.6) is 0 Å². The van der Waals surface area contributed by atoms with Crippen LogP contribution in [-0.2, 0) is 14.0 Å². The quantitative estimate of drug-likeness (QED) is 0.576. The summed E-state index contributed by atoms with van der Waals surface area (Å²) < 4.78 is 17.4. The van der Waals surface area contributed by atoms with Crippen LogP contribution < -0.4 is 0 Å². The second-order valence-electron chi connectivity index (χ2n) is 4.68. The van der Waals surface area contributed by atoms with E-state index in [1.54, 1.807) is 0 Å². The maximum absolute atomic E-state index is 5.83. The number of ether oxygens (including phenoxy) is 1. The predicted octanol–water partition coefficient (Wildman–Crippen LogP) is 2.67. The minimum atomic E-state index is -0.272. The maximum atomic E-state index is 5.83. The van der Waals surface area contributed by atoms with Crippen molar-refractivity contribution >= 4 is 35.5 Å². The molecule has 0 spiro atoms. The van der Waals surface area contributed by atoms with E-state index in [1.165, 1.54) is 11.8 Å². The minimum absolute atomic E-state index is 0.214. The summed E-state index contributed by atoms with van der Waals surface area (Å²) in [5.74, 6) is 0. The van der Waals surface area contributed by atoms with E-state index in [0.29, 0.717) is 16.6 Å². The molecular weight excluding hydrogens is 243 g/mol. The summed E-state index contributed by atoms with van der Waals surface area (Å²) in [6.45, 7) is 10.7. The second-order valence-corrected chi connectivity index (χ2v) is 6.30. The van der Waals surface area contributed by atoms with E-state index in [2.05, 4.69) is 0 Å². The number of rotatable bonds is 3. The maximum Gasteiger partial charge on any atom is 0.468 e. The summed E-state index contributed by atoms with van der Waals surface area (Å²) in [6.07, 6.45) is 0. The van der Waals surface area contributed by atoms with Gasteiger partial charge in [-0.15, -0.1) is 0 Å². The van der Waals surface area contributed by atoms with E-state index in [1.807, 2.05) is 34.6 Å². The van der Waals surface area contributed by atoms with Gasteiger partial charge in [-0.05, 0) is 46.8 Å². The third kappa shape index (κ3) is 3.36. The molecule has 1 fully saturated rings. The molecule has 0 amide bonds. The Balaban J connectivity index is 2.40. The van der Waals surface area contributed by atoms with Crippen LogP contribution in [0, 0.1) is 0 Å². The second kappa shape index (κ2) is 5.25. The zero-order valence-electron chi connectivity index (χ0n) is 10.5. The first-order chi connectivity index (χ1) is 7.28. The highest BCUT2D eigenvalue weighted by atomic mass is 32.2. The number of hydrogen-bond donors (Lipinski definition) is 0. The van der Waals surface area contributed by atoms with Gasteiger partial charge in [-0.2, -0.15) is 0 Å². The fraction of sp³-hybridized carbons (Fsp3) is 0.900. The van der Waals surface area contributed by atoms with Crippen molar-refractivity contribution in [3.05, 3.63) is 0 Å². The Hall–Kier alpha value is 0.225. The van der Waals surface area contributed by atoms with Crippen LogP contribution in [0.1, 0.15) is 34.6 Å². The van der Waals surface area contributed by atoms with Gasteiger partial charge in [0.15, 0.2) is 0 Å². The molecule has 0 unspecified atom stereocenters. The van der Waals surface area contributed by atoms with E-state index >= 15 is 0 Å². The van der Waals surface area contributed by atoms with Gasteiger partial charge in [0.05, 0.1) is 17.8 Å². The third-order valence-electron chi connectivity index (χ3n) is 2.90. The summed E-state index contributed by atoms with van der Waals surface area (Å²) in [5.41, 5.74) is 0.128. The third-order valence-corrected chi connectivity index (χ3v) is 4.17. The molecule has 1 heterocycles. The highest BCUT2D eigenvalue weighted by Gasteiger charge is 2.50. The average Bonchev–Trinajstić information content (AvgIpc) is 2.33. The smallest absolute Gasteiger partial charge is 0.468 e. The van der Waals surface area contributed by atoms with Gasteiger partial charge in [-0.3, -0.25) is 0 Å². The largest absolute Gasteiger partial charge is 0.479 e. The molecule has 1 aliphatic rings. The zero-order valence-corrected chi connectivity index (χ0v) is 12.2. The summed E-state index contributed by atoms with van der Waals surface area (Å²) in [7, 11) is -0.214. The molecule has 0 saturated carbocycles. The summed E-state index contributed by atoms with van der Waals surface area (Å²) >= 11 is 6.49. The van der Waals surface area contributed by atoms with Crippen LogP contribution in [0.25, 0.3) is 0 Å². The molecular formula is C10H19BO3S2. The van der Waals surface area contributed by atoms with Gasteiger partial charge in [0.2, 0.25) is 4.38 Å². The Morgan fingerprint density at radius 3 is 2.19 bits per heavy atom. The lowest BCUT2D eigenvalue weighted by molar-refractivity contribution is 0.00578. The standard InChI is InChI=1S/C10H19BO3S2/c1-6-12-8(15)16-7-11-13-9(2,3)10(4,5)14-11/h6-7H2,1-5H3. The highest BCUT2D eigenvalue weighted by Crippen LogP contribution is 2.37. The van der Waals surface area contributed by atoms with Crippen LogP contribution in [0.2, 0.25) is 0 Å². The highest BCUT2D eigenvalue weighted by molar-refractivity contribution is 8.23. The van der Waals surface area contributed by atoms with Crippen molar-refractivity contribution in [1.82, 2.24) is 0 Å². The van der Waals surface area contributed by atoms with Crippen molar-refractivity contribution in [2.24, 2.45) is 0 Å². The first kappa shape index (κ1) is 14.3. The minimum Gasteiger partial charge on any atom is -0.479 e. The molecule has 0 atom stereocenters. The lowest BCUT2D eigenvalue weighted by atomic mass is 9.90. The molecule has 0 bridgehead atoms. The van der Waals surface area contributed by atoms with Crippen LogP contribution >= 0.6 is 24.0 Å². The number of thiocarbonyl (C=S) groups is 1. The van der Waals surface area contributed by atoms with E-state index in [0.717, 1.165) is 0 Å². The summed E-state index contributed by atoms with van der Waals surface area (Å²) in [5, 5.41) is 0. The van der Waals surface area contributed by atoms with Gasteiger partial charge < -0.3 is 14.0 Å². The fourth-order valence-corrected chi connectivity index (χ4v) is 2.26. The molecule has 92 valence electrons. The SMILES string of the molecule is CCOC(=S)SCB1OC(C)(C)C(C)(C)O1. The monoisotopic (exact) mass is 262 g/mol. The Morgan fingerprint density at radius 1 is 1.25 bits per heavy atom. The Labute approximate surface area is 108 Å². The molecule has 0 aromatic rings. The number of hydrogen-bond acceptors (Lipinski definition) is 5. The van der Waals surface area contributed by atoms with E-state index in [4.69, 9.17) is 26.3 Å². The van der Waals surface area contributed by atoms with Crippen molar-refractivity contribution < 1.29 is 14.0 Å². The Kier molecular flexibility index (Phi) is 4.69. The van der Waals surface area contributed by atoms with Crippen LogP contribution in [0.3, 0.4) is 0 Å². The van der Waals surface area contributed by atoms with Gasteiger partial charge in [-0.1, -0.05) is 11.8 Å². The molecule has 16 heavy (non-hydrogen) atoms. The average molecular weight is 262 g/mol. The van der Waals surface area contributed by atoms with Crippen LogP contribution in [0.4, 0.5) is 0 Å². The first-order valence-corrected chi connectivity index (χ1v) is 6.83. The molecule has 1 rings (SSSR count). The molecule has 0 aromatic heterocycles. The van der Waals surface area contributed by atoms with Crippen molar-refractivity contribution in [2.45, 2.75) is 45.8 Å². The van der Waals surface area contributed by atoms with Crippen molar-refractivity contribution in [1.29, 1.82) is 0 Å². The summed E-state index contributed by atoms with van der Waals surface area (Å²) in [6, 6.07) is 0. The Bertz CT molecular complexity index is 253. The van der Waals surface area contributed by atoms with Gasteiger partial charge in [0.25, 0.3) is 0 Å². The lowest BCUT2D eigenvalue weighted by Crippen LogP contribution is -2.41. The van der Waals surface area contributed by atoms with Crippen LogP contribution in [0.15, 0.2) is 0 Å². The predicted molar refractivity (Wildman–Crippen MR) is 72.8 cm³/mol. The van der Waals surface area contributed by atoms with Crippen molar-refractivity contribution in [2.75, 3.05) is 12.3 Å². The molecule has 0 N–H and O–H groups in total. The lowest BCUT2D eigenvalue weighted by Gasteiger charge is -2.32. The molecule has 0 aromatic carbocycles. The van der Waals surface area contributed by atoms with Crippen LogP contribution in [-0.4, -0.2) is 35.0 Å². The van der Waals surface area contributed by atoms with E-state index < -0.39 is 0 Å². The van der Waals surface area contributed by atoms with E-state index in [9.17, 15) is 0 Å². The van der Waals surface area contributed by atoms with Gasteiger partial charge in [0, 0.05) is 5.65 Å². The molecule has 0 radical (unpaired) electrons.